The topological polar surface area (TPSA) is 30.8 Å². The lowest BCUT2D eigenvalue weighted by Gasteiger charge is -2.09. The van der Waals surface area contributed by atoms with Crippen LogP contribution in [0, 0.1) is 0 Å². The number of alkyl halides is 3. The van der Waals surface area contributed by atoms with Gasteiger partial charge in [-0.3, -0.25) is 0 Å². The number of rotatable bonds is 5. The summed E-state index contributed by atoms with van der Waals surface area (Å²) in [4.78, 5) is 4.98. The zero-order chi connectivity index (χ0) is 16.0. The van der Waals surface area contributed by atoms with Crippen molar-refractivity contribution in [2.45, 2.75) is 13.0 Å². The molecule has 0 amide bonds. The molecule has 0 spiro atoms. The Kier molecular flexibility index (Phi) is 5.27. The molecule has 0 unspecified atom stereocenters. The van der Waals surface area contributed by atoms with Crippen molar-refractivity contribution >= 4 is 17.8 Å². The molecule has 0 atom stereocenters. The minimum absolute atomic E-state index is 0.00432. The van der Waals surface area contributed by atoms with Crippen LogP contribution in [-0.2, 0) is 11.4 Å². The normalized spacial score (nSPS) is 11.6. The minimum Gasteiger partial charge on any atom is -0.406 e. The summed E-state index contributed by atoms with van der Waals surface area (Å²) >= 11 is 5.73. The Bertz CT molecular complexity index is 642. The second-order valence-electron chi connectivity index (χ2n) is 4.18. The van der Waals surface area contributed by atoms with Gasteiger partial charge in [0.25, 0.3) is 0 Å². The summed E-state index contributed by atoms with van der Waals surface area (Å²) in [6.07, 6.45) is -2.09. The molecule has 1 radical (unpaired) electrons. The van der Waals surface area contributed by atoms with Gasteiger partial charge in [0.05, 0.1) is 0 Å². The molecule has 0 aliphatic heterocycles. The number of nitrogens with zero attached hydrogens (tertiary/aromatic N) is 1. The van der Waals surface area contributed by atoms with Crippen LogP contribution in [0.1, 0.15) is 11.1 Å². The summed E-state index contributed by atoms with van der Waals surface area (Å²) in [5, 5.41) is 4.21. The van der Waals surface area contributed by atoms with Crippen LogP contribution in [0.3, 0.4) is 0 Å². The molecule has 0 saturated carbocycles. The quantitative estimate of drug-likeness (QED) is 0.590. The van der Waals surface area contributed by atoms with Crippen LogP contribution in [0.4, 0.5) is 13.2 Å². The van der Waals surface area contributed by atoms with E-state index in [4.69, 9.17) is 16.4 Å². The van der Waals surface area contributed by atoms with Gasteiger partial charge in [-0.25, -0.2) is 0 Å². The molecule has 3 nitrogen and oxygen atoms in total. The van der Waals surface area contributed by atoms with Gasteiger partial charge in [-0.2, -0.15) is 0 Å². The molecule has 2 aromatic carbocycles. The smallest absolute Gasteiger partial charge is 0.406 e. The third-order valence-corrected chi connectivity index (χ3v) is 2.70. The van der Waals surface area contributed by atoms with Crippen molar-refractivity contribution in [2.75, 3.05) is 0 Å². The summed E-state index contributed by atoms with van der Waals surface area (Å²) in [6.45, 7) is -0.00432. The fraction of sp³-hybridized carbons (Fsp3) is 0.133. The first-order valence-corrected chi connectivity index (χ1v) is 6.48. The summed E-state index contributed by atoms with van der Waals surface area (Å²) in [5.41, 5.74) is 1.15. The van der Waals surface area contributed by atoms with E-state index in [2.05, 4.69) is 16.1 Å². The Hall–Kier alpha value is -2.21. The molecule has 2 aromatic rings. The molecule has 0 aliphatic carbocycles. The van der Waals surface area contributed by atoms with Gasteiger partial charge in [-0.1, -0.05) is 41.0 Å². The van der Waals surface area contributed by atoms with E-state index in [-0.39, 0.29) is 12.4 Å². The fourth-order valence-corrected chi connectivity index (χ4v) is 1.67. The highest BCUT2D eigenvalue weighted by atomic mass is 35.5. The molecule has 0 fully saturated rings. The summed E-state index contributed by atoms with van der Waals surface area (Å²) in [7, 11) is 0. The highest BCUT2D eigenvalue weighted by Gasteiger charge is 2.31. The predicted molar refractivity (Wildman–Crippen MR) is 75.9 cm³/mol. The first-order valence-electron chi connectivity index (χ1n) is 6.11. The SMILES string of the molecule is FC(F)(F)Oc1cccc(CO/N=[C]\c2ccc(Cl)cc2)c1. The van der Waals surface area contributed by atoms with E-state index in [9.17, 15) is 13.2 Å². The second-order valence-corrected chi connectivity index (χ2v) is 4.62. The largest absolute Gasteiger partial charge is 0.573 e. The van der Waals surface area contributed by atoms with Crippen LogP contribution < -0.4 is 4.74 Å². The Balaban J connectivity index is 1.89. The van der Waals surface area contributed by atoms with Crippen LogP contribution in [0.5, 0.6) is 5.75 Å². The maximum absolute atomic E-state index is 12.1. The summed E-state index contributed by atoms with van der Waals surface area (Å²) < 4.78 is 40.1. The van der Waals surface area contributed by atoms with Crippen LogP contribution >= 0.6 is 11.6 Å². The maximum Gasteiger partial charge on any atom is 0.573 e. The van der Waals surface area contributed by atoms with Crippen molar-refractivity contribution in [1.82, 2.24) is 0 Å². The Morgan fingerprint density at radius 3 is 2.50 bits per heavy atom. The van der Waals surface area contributed by atoms with Crippen molar-refractivity contribution < 1.29 is 22.7 Å². The highest BCUT2D eigenvalue weighted by molar-refractivity contribution is 6.30. The third-order valence-electron chi connectivity index (χ3n) is 2.45. The number of halogens is 4. The van der Waals surface area contributed by atoms with Gasteiger partial charge in [0.2, 0.25) is 0 Å². The summed E-state index contributed by atoms with van der Waals surface area (Å²) in [6, 6.07) is 12.2. The molecule has 2 rings (SSSR count). The third kappa shape index (κ3) is 5.65. The minimum atomic E-state index is -4.72. The van der Waals surface area contributed by atoms with Crippen molar-refractivity contribution in [3.8, 4) is 5.75 Å². The average molecular weight is 329 g/mol. The Labute approximate surface area is 129 Å². The lowest BCUT2D eigenvalue weighted by molar-refractivity contribution is -0.274. The molecule has 0 N–H and O–H groups in total. The molecular weight excluding hydrogens is 319 g/mol. The molecule has 7 heteroatoms. The van der Waals surface area contributed by atoms with Gasteiger partial charge >= 0.3 is 6.36 Å². The van der Waals surface area contributed by atoms with E-state index < -0.39 is 6.36 Å². The molecule has 0 saturated heterocycles. The number of hydrogen-bond donors (Lipinski definition) is 0. The van der Waals surface area contributed by atoms with Gasteiger partial charge in [0.15, 0.2) is 0 Å². The van der Waals surface area contributed by atoms with E-state index >= 15 is 0 Å². The molecule has 0 bridgehead atoms. The molecule has 22 heavy (non-hydrogen) atoms. The lowest BCUT2D eigenvalue weighted by Crippen LogP contribution is -2.17. The fourth-order valence-electron chi connectivity index (χ4n) is 1.55. The Morgan fingerprint density at radius 2 is 1.82 bits per heavy atom. The Morgan fingerprint density at radius 1 is 1.09 bits per heavy atom. The van der Waals surface area contributed by atoms with Crippen LogP contribution in [0.15, 0.2) is 53.7 Å². The van der Waals surface area contributed by atoms with Gasteiger partial charge in [-0.15, -0.1) is 13.2 Å². The van der Waals surface area contributed by atoms with E-state index in [1.807, 2.05) is 0 Å². The molecule has 0 heterocycles. The van der Waals surface area contributed by atoms with E-state index in [1.54, 1.807) is 30.3 Å². The predicted octanol–water partition coefficient (Wildman–Crippen LogP) is 4.67. The van der Waals surface area contributed by atoms with Crippen molar-refractivity contribution in [1.29, 1.82) is 0 Å². The van der Waals surface area contributed by atoms with Gasteiger partial charge in [-0.05, 0) is 29.8 Å². The first-order chi connectivity index (χ1) is 10.4. The van der Waals surface area contributed by atoms with Crippen LogP contribution in [0.2, 0.25) is 5.02 Å². The highest BCUT2D eigenvalue weighted by Crippen LogP contribution is 2.23. The molecule has 115 valence electrons. The van der Waals surface area contributed by atoms with Gasteiger partial charge < -0.3 is 9.57 Å². The zero-order valence-corrected chi connectivity index (χ0v) is 11.9. The number of hydrogen-bond acceptors (Lipinski definition) is 3. The number of ether oxygens (including phenoxy) is 1. The lowest BCUT2D eigenvalue weighted by atomic mass is 10.2. The molecule has 0 aliphatic rings. The van der Waals surface area contributed by atoms with Crippen molar-refractivity contribution in [3.63, 3.8) is 0 Å². The molecule has 0 aromatic heterocycles. The molecular formula is C15H10ClF3NO2. The van der Waals surface area contributed by atoms with Crippen LogP contribution in [0.25, 0.3) is 0 Å². The van der Waals surface area contributed by atoms with Gasteiger partial charge in [0, 0.05) is 10.6 Å². The van der Waals surface area contributed by atoms with E-state index in [1.165, 1.54) is 18.2 Å². The second kappa shape index (κ2) is 7.17. The first kappa shape index (κ1) is 16.2. The van der Waals surface area contributed by atoms with Gasteiger partial charge in [0.1, 0.15) is 18.6 Å². The number of benzene rings is 2. The monoisotopic (exact) mass is 328 g/mol. The van der Waals surface area contributed by atoms with Crippen LogP contribution in [-0.4, -0.2) is 12.6 Å². The average Bonchev–Trinajstić information content (AvgIpc) is 2.44. The maximum atomic E-state index is 12.1. The van der Waals surface area contributed by atoms with E-state index in [0.29, 0.717) is 16.1 Å². The van der Waals surface area contributed by atoms with E-state index in [0.717, 1.165) is 0 Å². The summed E-state index contributed by atoms with van der Waals surface area (Å²) in [5.74, 6) is -0.306. The van der Waals surface area contributed by atoms with Crippen molar-refractivity contribution in [2.24, 2.45) is 5.16 Å². The standard InChI is InChI=1S/C15H10ClF3NO2/c16-13-6-4-11(5-7-13)9-20-21-10-12-2-1-3-14(8-12)22-15(17,18)19/h1-8H,10H2. The zero-order valence-electron chi connectivity index (χ0n) is 11.1. The van der Waals surface area contributed by atoms with Crippen molar-refractivity contribution in [3.05, 3.63) is 64.7 Å².